The molecular weight excluding hydrogens is 464 g/mol. The number of allylic oxidation sites excluding steroid dienone is 4. The smallest absolute Gasteiger partial charge is 0.323 e. The fraction of sp³-hybridized carbons (Fsp3) is 0.211. The van der Waals surface area contributed by atoms with Gasteiger partial charge in [-0.15, -0.1) is 0 Å². The summed E-state index contributed by atoms with van der Waals surface area (Å²) < 4.78 is 37.4. The first kappa shape index (κ1) is 23.0. The third-order valence-electron chi connectivity index (χ3n) is 4.22. The van der Waals surface area contributed by atoms with Crippen molar-refractivity contribution in [3.63, 3.8) is 0 Å². The summed E-state index contributed by atoms with van der Waals surface area (Å²) >= 11 is 6.09. The lowest BCUT2D eigenvalue weighted by Gasteiger charge is -2.17. The van der Waals surface area contributed by atoms with E-state index in [0.717, 1.165) is 16.7 Å². The van der Waals surface area contributed by atoms with Crippen LogP contribution in [0, 0.1) is 0 Å². The van der Waals surface area contributed by atoms with Gasteiger partial charge in [0.2, 0.25) is 5.88 Å². The van der Waals surface area contributed by atoms with Crippen molar-refractivity contribution >= 4 is 56.0 Å². The van der Waals surface area contributed by atoms with Gasteiger partial charge < -0.3 is 14.7 Å². The lowest BCUT2D eigenvalue weighted by Crippen LogP contribution is -2.33. The molecule has 0 aliphatic carbocycles. The Labute approximate surface area is 188 Å². The molecule has 1 fully saturated rings. The number of thioether (sulfide) groups is 1. The first-order chi connectivity index (χ1) is 14.5. The summed E-state index contributed by atoms with van der Waals surface area (Å²) in [7, 11) is -4.16. The van der Waals surface area contributed by atoms with Crippen molar-refractivity contribution in [1.82, 2.24) is 4.90 Å². The molecule has 2 aliphatic rings. The van der Waals surface area contributed by atoms with Gasteiger partial charge in [-0.05, 0) is 36.8 Å². The van der Waals surface area contributed by atoms with E-state index in [2.05, 4.69) is 0 Å². The van der Waals surface area contributed by atoms with Crippen molar-refractivity contribution in [3.05, 3.63) is 58.9 Å². The second kappa shape index (κ2) is 9.22. The zero-order chi connectivity index (χ0) is 22.8. The number of hydrogen-bond acceptors (Lipinski definition) is 8. The molecule has 0 aromatic heterocycles. The molecule has 1 aromatic carbocycles. The van der Waals surface area contributed by atoms with Crippen LogP contribution in [-0.2, 0) is 19.7 Å². The van der Waals surface area contributed by atoms with Gasteiger partial charge in [-0.2, -0.15) is 8.42 Å². The number of amides is 1. The Morgan fingerprint density at radius 1 is 1.29 bits per heavy atom. The molecule has 1 amide bonds. The van der Waals surface area contributed by atoms with Crippen LogP contribution in [-0.4, -0.2) is 58.0 Å². The Balaban J connectivity index is 1.81. The zero-order valence-corrected chi connectivity index (χ0v) is 18.7. The molecule has 0 unspecified atom stereocenters. The predicted molar refractivity (Wildman–Crippen MR) is 120 cm³/mol. The number of carboxylic acid groups (broad SMARTS) is 1. The van der Waals surface area contributed by atoms with E-state index >= 15 is 0 Å². The highest BCUT2D eigenvalue weighted by Crippen LogP contribution is 2.38. The first-order valence-corrected chi connectivity index (χ1v) is 11.7. The molecule has 0 radical (unpaired) electrons. The van der Waals surface area contributed by atoms with Crippen molar-refractivity contribution in [2.45, 2.75) is 6.92 Å². The van der Waals surface area contributed by atoms with E-state index in [9.17, 15) is 18.0 Å². The summed E-state index contributed by atoms with van der Waals surface area (Å²) in [6.07, 6.45) is 4.88. The van der Waals surface area contributed by atoms with Crippen molar-refractivity contribution in [2.24, 2.45) is 0 Å². The number of anilines is 1. The van der Waals surface area contributed by atoms with Gasteiger partial charge in [0, 0.05) is 6.54 Å². The molecule has 12 heteroatoms. The third-order valence-corrected chi connectivity index (χ3v) is 6.30. The number of carboxylic acids is 1. The quantitative estimate of drug-likeness (QED) is 0.340. The minimum Gasteiger partial charge on any atom is -0.480 e. The van der Waals surface area contributed by atoms with Crippen molar-refractivity contribution in [1.29, 1.82) is 0 Å². The average Bonchev–Trinajstić information content (AvgIpc) is 3.16. The second-order valence-corrected chi connectivity index (χ2v) is 9.83. The topological polar surface area (TPSA) is 124 Å². The molecule has 31 heavy (non-hydrogen) atoms. The number of benzene rings is 1. The van der Waals surface area contributed by atoms with Crippen LogP contribution in [0.15, 0.2) is 58.9 Å². The Morgan fingerprint density at radius 2 is 2.00 bits per heavy atom. The minimum atomic E-state index is -4.16. The van der Waals surface area contributed by atoms with Gasteiger partial charge in [0.15, 0.2) is 5.75 Å². The number of nitrogens with zero attached hydrogens (tertiary/aromatic N) is 2. The number of rotatable bonds is 7. The first-order valence-electron chi connectivity index (χ1n) is 8.90. The fourth-order valence-corrected chi connectivity index (χ4v) is 4.56. The molecule has 164 valence electrons. The van der Waals surface area contributed by atoms with Gasteiger partial charge in [0.25, 0.3) is 16.0 Å². The van der Waals surface area contributed by atoms with E-state index in [4.69, 9.17) is 26.6 Å². The van der Waals surface area contributed by atoms with Gasteiger partial charge in [-0.3, -0.25) is 19.0 Å². The summed E-state index contributed by atoms with van der Waals surface area (Å²) in [5.74, 6) is -1.20. The SMILES string of the molecule is CC(=C\C=C1\Oc2ccccc2N1CCS(=O)(=O)O)/C=C1/SC(=S)N(CC(=O)O)C1=O. The molecule has 1 saturated heterocycles. The number of carbonyl (C=O) groups excluding carboxylic acids is 1. The number of thiocarbonyl (C=S) groups is 1. The number of aliphatic carboxylic acids is 1. The Morgan fingerprint density at radius 3 is 2.68 bits per heavy atom. The third kappa shape index (κ3) is 5.73. The minimum absolute atomic E-state index is 0.0115. The lowest BCUT2D eigenvalue weighted by atomic mass is 10.2. The highest BCUT2D eigenvalue weighted by molar-refractivity contribution is 8.26. The van der Waals surface area contributed by atoms with Crippen LogP contribution in [0.4, 0.5) is 5.69 Å². The molecule has 0 bridgehead atoms. The van der Waals surface area contributed by atoms with Crippen LogP contribution in [0.3, 0.4) is 0 Å². The number of para-hydroxylation sites is 2. The molecule has 9 nitrogen and oxygen atoms in total. The lowest BCUT2D eigenvalue weighted by molar-refractivity contribution is -0.140. The summed E-state index contributed by atoms with van der Waals surface area (Å²) in [6.45, 7) is 1.23. The van der Waals surface area contributed by atoms with Crippen LogP contribution in [0.25, 0.3) is 0 Å². The number of fused-ring (bicyclic) bond motifs is 1. The molecular formula is C19H18N2O7S3. The van der Waals surface area contributed by atoms with Gasteiger partial charge in [0.1, 0.15) is 10.9 Å². The number of hydrogen-bond donors (Lipinski definition) is 2. The second-order valence-electron chi connectivity index (χ2n) is 6.58. The monoisotopic (exact) mass is 482 g/mol. The highest BCUT2D eigenvalue weighted by Gasteiger charge is 2.33. The zero-order valence-electron chi connectivity index (χ0n) is 16.2. The van der Waals surface area contributed by atoms with E-state index in [0.29, 0.717) is 27.8 Å². The van der Waals surface area contributed by atoms with Crippen LogP contribution in [0.5, 0.6) is 5.75 Å². The van der Waals surface area contributed by atoms with Crippen molar-refractivity contribution in [3.8, 4) is 5.75 Å². The van der Waals surface area contributed by atoms with Gasteiger partial charge in [0.05, 0.1) is 16.3 Å². The van der Waals surface area contributed by atoms with E-state index in [1.807, 2.05) is 0 Å². The Hall–Kier alpha value is -2.67. The maximum Gasteiger partial charge on any atom is 0.323 e. The van der Waals surface area contributed by atoms with Gasteiger partial charge in [-0.25, -0.2) is 0 Å². The van der Waals surface area contributed by atoms with Crippen molar-refractivity contribution in [2.75, 3.05) is 23.7 Å². The van der Waals surface area contributed by atoms with E-state index in [-0.39, 0.29) is 10.9 Å². The van der Waals surface area contributed by atoms with Crippen LogP contribution in [0.1, 0.15) is 6.92 Å². The molecule has 0 spiro atoms. The van der Waals surface area contributed by atoms with E-state index < -0.39 is 34.3 Å². The fourth-order valence-electron chi connectivity index (χ4n) is 2.84. The molecule has 2 heterocycles. The normalized spacial score (nSPS) is 19.4. The van der Waals surface area contributed by atoms with E-state index in [1.54, 1.807) is 54.3 Å². The van der Waals surface area contributed by atoms with Gasteiger partial charge in [-0.1, -0.05) is 42.2 Å². The molecule has 2 N–H and O–H groups in total. The largest absolute Gasteiger partial charge is 0.480 e. The summed E-state index contributed by atoms with van der Waals surface area (Å²) in [5.41, 5.74) is 1.33. The van der Waals surface area contributed by atoms with Crippen LogP contribution < -0.4 is 9.64 Å². The van der Waals surface area contributed by atoms with Crippen LogP contribution in [0.2, 0.25) is 0 Å². The van der Waals surface area contributed by atoms with Crippen LogP contribution >= 0.6 is 24.0 Å². The molecule has 2 aliphatic heterocycles. The number of carbonyl (C=O) groups is 2. The maximum absolute atomic E-state index is 12.4. The van der Waals surface area contributed by atoms with Gasteiger partial charge >= 0.3 is 5.97 Å². The highest BCUT2D eigenvalue weighted by atomic mass is 32.2. The summed E-state index contributed by atoms with van der Waals surface area (Å²) in [5, 5.41) is 8.90. The molecule has 0 saturated carbocycles. The molecule has 0 atom stereocenters. The standard InChI is InChI=1S/C19H18N2O7S3/c1-12(10-15-18(24)21(11-17(22)23)19(29)30-15)6-7-16-20(8-9-31(25,26)27)13-4-2-3-5-14(13)28-16/h2-7,10H,8-9,11H2,1H3,(H,22,23)(H,25,26,27)/b12-6+,15-10+,16-7+. The Kier molecular flexibility index (Phi) is 6.84. The molecule has 1 aromatic rings. The number of ether oxygens (including phenoxy) is 1. The maximum atomic E-state index is 12.4. The van der Waals surface area contributed by atoms with E-state index in [1.165, 1.54) is 0 Å². The molecule has 3 rings (SSSR count). The average molecular weight is 483 g/mol. The summed E-state index contributed by atoms with van der Waals surface area (Å²) in [6, 6.07) is 7.07. The summed E-state index contributed by atoms with van der Waals surface area (Å²) in [4.78, 5) is 26.2. The van der Waals surface area contributed by atoms with Crippen molar-refractivity contribution < 1.29 is 32.4 Å². The predicted octanol–water partition coefficient (Wildman–Crippen LogP) is 2.39. The Bertz CT molecular complexity index is 1140.